The maximum absolute atomic E-state index is 11.0. The highest BCUT2D eigenvalue weighted by Crippen LogP contribution is 2.15. The lowest BCUT2D eigenvalue weighted by Gasteiger charge is -2.17. The lowest BCUT2D eigenvalue weighted by atomic mass is 10.2. The topological polar surface area (TPSA) is 70.1 Å². The van der Waals surface area contributed by atoms with Crippen LogP contribution in [0.1, 0.15) is 20.3 Å². The second-order valence-electron chi connectivity index (χ2n) is 2.58. The van der Waals surface area contributed by atoms with Gasteiger partial charge in [0.15, 0.2) is 0 Å². The second kappa shape index (κ2) is 4.73. The maximum Gasteiger partial charge on any atom is 0.237 e. The molecule has 0 spiro atoms. The van der Waals surface area contributed by atoms with Crippen molar-refractivity contribution in [3.05, 3.63) is 0 Å². The minimum atomic E-state index is -0.231. The molecule has 1 heterocycles. The van der Waals surface area contributed by atoms with Crippen LogP contribution < -0.4 is 5.73 Å². The van der Waals surface area contributed by atoms with Crippen molar-refractivity contribution in [2.24, 2.45) is 5.73 Å². The molecule has 1 saturated heterocycles. The van der Waals surface area contributed by atoms with Crippen molar-refractivity contribution in [3.8, 4) is 6.07 Å². The Labute approximate surface area is 72.9 Å². The molecule has 0 aliphatic carbocycles. The molecule has 0 radical (unpaired) electrons. The van der Waals surface area contributed by atoms with Crippen molar-refractivity contribution in [3.63, 3.8) is 0 Å². The fourth-order valence-corrected chi connectivity index (χ4v) is 1.32. The predicted octanol–water partition coefficient (Wildman–Crippen LogP) is 0.0958. The van der Waals surface area contributed by atoms with E-state index in [1.807, 2.05) is 0 Å². The quantitative estimate of drug-likeness (QED) is 0.605. The molecule has 1 fully saturated rings. The first-order valence-corrected chi connectivity index (χ1v) is 3.68. The highest BCUT2D eigenvalue weighted by Gasteiger charge is 2.27. The molecule has 4 nitrogen and oxygen atoms in total. The third kappa shape index (κ3) is 1.95. The van der Waals surface area contributed by atoms with Gasteiger partial charge >= 0.3 is 0 Å². The van der Waals surface area contributed by atoms with E-state index in [9.17, 15) is 4.79 Å². The number of likely N-dealkylation sites (tertiary alicyclic amines) is 1. The molecule has 12 heavy (non-hydrogen) atoms. The number of amides is 1. The summed E-state index contributed by atoms with van der Waals surface area (Å²) < 4.78 is 0. The summed E-state index contributed by atoms with van der Waals surface area (Å²) in [7, 11) is 0. The van der Waals surface area contributed by atoms with Gasteiger partial charge in [-0.25, -0.2) is 0 Å². The van der Waals surface area contributed by atoms with Crippen LogP contribution in [0.5, 0.6) is 0 Å². The largest absolute Gasteiger partial charge is 0.326 e. The molecule has 2 N–H and O–H groups in total. The predicted molar refractivity (Wildman–Crippen MR) is 46.1 cm³/mol. The molecule has 0 saturated carbocycles. The molecule has 0 aromatic rings. The van der Waals surface area contributed by atoms with Crippen LogP contribution in [-0.2, 0) is 4.79 Å². The SMILES string of the molecule is C.N#C[C@@H]1CCCN1C(=O)CN. The van der Waals surface area contributed by atoms with Crippen molar-refractivity contribution in [2.45, 2.75) is 26.3 Å². The van der Waals surface area contributed by atoms with E-state index in [1.54, 1.807) is 4.90 Å². The number of rotatable bonds is 1. The number of nitrogens with zero attached hydrogens (tertiary/aromatic N) is 2. The van der Waals surface area contributed by atoms with Gasteiger partial charge in [0.1, 0.15) is 6.04 Å². The minimum absolute atomic E-state index is 0. The van der Waals surface area contributed by atoms with Gasteiger partial charge in [-0.15, -0.1) is 0 Å². The standard InChI is InChI=1S/C7H11N3O.CH4/c8-4-6-2-1-3-10(6)7(11)5-9;/h6H,1-3,5,9H2;1H4/t6-;/m0./s1. The van der Waals surface area contributed by atoms with Gasteiger partial charge in [0.2, 0.25) is 5.91 Å². The Morgan fingerprint density at radius 3 is 2.92 bits per heavy atom. The van der Waals surface area contributed by atoms with Crippen LogP contribution in [0.4, 0.5) is 0 Å². The molecule has 0 aromatic carbocycles. The highest BCUT2D eigenvalue weighted by atomic mass is 16.2. The molecule has 0 bridgehead atoms. The summed E-state index contributed by atoms with van der Waals surface area (Å²) in [5.41, 5.74) is 5.17. The first-order chi connectivity index (χ1) is 5.29. The first kappa shape index (κ1) is 10.9. The molecule has 1 aliphatic heterocycles. The number of carbonyl (C=O) groups is 1. The fraction of sp³-hybridized carbons (Fsp3) is 0.750. The van der Waals surface area contributed by atoms with E-state index < -0.39 is 0 Å². The van der Waals surface area contributed by atoms with Gasteiger partial charge in [-0.1, -0.05) is 7.43 Å². The number of hydrogen-bond acceptors (Lipinski definition) is 3. The van der Waals surface area contributed by atoms with Crippen molar-refractivity contribution >= 4 is 5.91 Å². The fourth-order valence-electron chi connectivity index (χ4n) is 1.32. The van der Waals surface area contributed by atoms with Crippen molar-refractivity contribution in [1.82, 2.24) is 4.90 Å². The smallest absolute Gasteiger partial charge is 0.237 e. The summed E-state index contributed by atoms with van der Waals surface area (Å²) in [5, 5.41) is 8.60. The molecular formula is C8H15N3O. The molecule has 1 aliphatic rings. The van der Waals surface area contributed by atoms with Gasteiger partial charge in [-0.2, -0.15) is 5.26 Å². The second-order valence-corrected chi connectivity index (χ2v) is 2.58. The van der Waals surface area contributed by atoms with E-state index in [1.165, 1.54) is 0 Å². The maximum atomic E-state index is 11.0. The molecule has 1 rings (SSSR count). The number of nitriles is 1. The van der Waals surface area contributed by atoms with Crippen molar-refractivity contribution in [2.75, 3.05) is 13.1 Å². The lowest BCUT2D eigenvalue weighted by Crippen LogP contribution is -2.38. The Morgan fingerprint density at radius 2 is 2.42 bits per heavy atom. The molecular weight excluding hydrogens is 154 g/mol. The Bertz CT molecular complexity index is 197. The van der Waals surface area contributed by atoms with Crippen LogP contribution in [0, 0.1) is 11.3 Å². The number of hydrogen-bond donors (Lipinski definition) is 1. The van der Waals surface area contributed by atoms with E-state index >= 15 is 0 Å². The minimum Gasteiger partial charge on any atom is -0.326 e. The number of nitrogens with two attached hydrogens (primary N) is 1. The zero-order chi connectivity index (χ0) is 8.27. The van der Waals surface area contributed by atoms with E-state index in [0.29, 0.717) is 6.54 Å². The zero-order valence-corrected chi connectivity index (χ0v) is 6.29. The van der Waals surface area contributed by atoms with E-state index in [2.05, 4.69) is 6.07 Å². The summed E-state index contributed by atoms with van der Waals surface area (Å²) in [6.45, 7) is 0.701. The van der Waals surface area contributed by atoms with Gasteiger partial charge < -0.3 is 10.6 Å². The van der Waals surface area contributed by atoms with Crippen LogP contribution >= 0.6 is 0 Å². The molecule has 0 unspecified atom stereocenters. The van der Waals surface area contributed by atoms with E-state index in [4.69, 9.17) is 11.0 Å². The van der Waals surface area contributed by atoms with Crippen LogP contribution in [0.3, 0.4) is 0 Å². The molecule has 68 valence electrons. The van der Waals surface area contributed by atoms with Gasteiger partial charge in [-0.3, -0.25) is 4.79 Å². The molecule has 4 heteroatoms. The van der Waals surface area contributed by atoms with Crippen LogP contribution in [0.25, 0.3) is 0 Å². The van der Waals surface area contributed by atoms with Crippen molar-refractivity contribution in [1.29, 1.82) is 5.26 Å². The summed E-state index contributed by atoms with van der Waals surface area (Å²) in [6.07, 6.45) is 1.71. The Kier molecular flexibility index (Phi) is 4.30. The van der Waals surface area contributed by atoms with E-state index in [-0.39, 0.29) is 25.9 Å². The van der Waals surface area contributed by atoms with Gasteiger partial charge in [0.05, 0.1) is 12.6 Å². The van der Waals surface area contributed by atoms with Crippen molar-refractivity contribution < 1.29 is 4.79 Å². The van der Waals surface area contributed by atoms with Gasteiger partial charge in [0, 0.05) is 6.54 Å². The number of carbonyl (C=O) groups excluding carboxylic acids is 1. The third-order valence-corrected chi connectivity index (χ3v) is 1.90. The van der Waals surface area contributed by atoms with Crippen LogP contribution in [-0.4, -0.2) is 29.9 Å². The average Bonchev–Trinajstić information content (AvgIpc) is 2.50. The van der Waals surface area contributed by atoms with Gasteiger partial charge in [0.25, 0.3) is 0 Å². The van der Waals surface area contributed by atoms with Gasteiger partial charge in [-0.05, 0) is 12.8 Å². The third-order valence-electron chi connectivity index (χ3n) is 1.90. The summed E-state index contributed by atoms with van der Waals surface area (Å²) >= 11 is 0. The van der Waals surface area contributed by atoms with Crippen LogP contribution in [0.15, 0.2) is 0 Å². The summed E-state index contributed by atoms with van der Waals surface area (Å²) in [5.74, 6) is -0.117. The average molecular weight is 169 g/mol. The monoisotopic (exact) mass is 169 g/mol. The Morgan fingerprint density at radius 1 is 1.75 bits per heavy atom. The zero-order valence-electron chi connectivity index (χ0n) is 6.29. The molecule has 1 amide bonds. The summed E-state index contributed by atoms with van der Waals surface area (Å²) in [6, 6.07) is 1.85. The van der Waals surface area contributed by atoms with E-state index in [0.717, 1.165) is 12.8 Å². The normalized spacial score (nSPS) is 21.3. The first-order valence-electron chi connectivity index (χ1n) is 3.68. The Hall–Kier alpha value is -1.08. The highest BCUT2D eigenvalue weighted by molar-refractivity contribution is 5.78. The molecule has 1 atom stereocenters. The molecule has 0 aromatic heterocycles. The Balaban J connectivity index is 0.00000121. The van der Waals surface area contributed by atoms with Crippen LogP contribution in [0.2, 0.25) is 0 Å². The summed E-state index contributed by atoms with van der Waals surface area (Å²) in [4.78, 5) is 12.6. The lowest BCUT2D eigenvalue weighted by molar-refractivity contribution is -0.129.